The molecule has 0 bridgehead atoms. The normalized spacial score (nSPS) is 14.9. The Morgan fingerprint density at radius 2 is 1.81 bits per heavy atom. The third-order valence-corrected chi connectivity index (χ3v) is 6.70. The van der Waals surface area contributed by atoms with Gasteiger partial charge in [0.25, 0.3) is 11.8 Å². The molecule has 1 amide bonds. The molecular weight excluding hydrogens is 504 g/mol. The van der Waals surface area contributed by atoms with E-state index < -0.39 is 50.3 Å². The van der Waals surface area contributed by atoms with Gasteiger partial charge in [0.15, 0.2) is 26.9 Å². The van der Waals surface area contributed by atoms with Crippen molar-refractivity contribution in [3.63, 3.8) is 0 Å². The fraction of sp³-hybridized carbons (Fsp3) is 0.304. The summed E-state index contributed by atoms with van der Waals surface area (Å²) in [5, 5.41) is 9.08. The van der Waals surface area contributed by atoms with Crippen molar-refractivity contribution in [2.75, 3.05) is 11.6 Å². The first-order valence-electron chi connectivity index (χ1n) is 10.6. The number of hydrogen-bond acceptors (Lipinski definition) is 7. The van der Waals surface area contributed by atoms with E-state index in [0.29, 0.717) is 12.8 Å². The van der Waals surface area contributed by atoms with Crippen molar-refractivity contribution < 1.29 is 35.5 Å². The Morgan fingerprint density at radius 3 is 2.39 bits per heavy atom. The van der Waals surface area contributed by atoms with Crippen LogP contribution in [0.4, 0.5) is 23.2 Å². The number of carbonyl (C=O) groups is 1. The number of carbonyl (C=O) groups excluding carboxylic acids is 1. The van der Waals surface area contributed by atoms with Crippen LogP contribution in [-0.2, 0) is 21.7 Å². The van der Waals surface area contributed by atoms with Gasteiger partial charge in [-0.25, -0.2) is 12.8 Å². The molecule has 1 N–H and O–H groups in total. The fourth-order valence-corrected chi connectivity index (χ4v) is 4.15. The number of alkyl halides is 4. The number of halogens is 4. The highest BCUT2D eigenvalue weighted by Crippen LogP contribution is 2.49. The molecule has 0 spiro atoms. The highest BCUT2D eigenvalue weighted by molar-refractivity contribution is 7.90. The van der Waals surface area contributed by atoms with Gasteiger partial charge in [0, 0.05) is 11.9 Å². The van der Waals surface area contributed by atoms with Gasteiger partial charge >= 0.3 is 6.18 Å². The first-order chi connectivity index (χ1) is 16.7. The average molecular weight is 524 g/mol. The highest BCUT2D eigenvalue weighted by atomic mass is 32.2. The molecule has 0 unspecified atom stereocenters. The number of rotatable bonds is 6. The van der Waals surface area contributed by atoms with E-state index in [1.165, 1.54) is 43.3 Å². The first-order valence-corrected chi connectivity index (χ1v) is 12.5. The molecule has 2 heterocycles. The Hall–Kier alpha value is -3.61. The van der Waals surface area contributed by atoms with Gasteiger partial charge in [-0.15, -0.1) is 10.2 Å². The van der Waals surface area contributed by atoms with Gasteiger partial charge in [-0.3, -0.25) is 9.78 Å². The molecule has 0 atom stereocenters. The van der Waals surface area contributed by atoms with E-state index in [0.717, 1.165) is 13.2 Å². The Bertz CT molecular complexity index is 1470. The number of benzene rings is 1. The zero-order chi connectivity index (χ0) is 26.5. The lowest BCUT2D eigenvalue weighted by atomic mass is 10.1. The van der Waals surface area contributed by atoms with E-state index in [4.69, 9.17) is 4.74 Å². The van der Waals surface area contributed by atoms with Crippen molar-refractivity contribution in [1.29, 1.82) is 0 Å². The van der Waals surface area contributed by atoms with Crippen molar-refractivity contribution in [3.05, 3.63) is 64.6 Å². The predicted octanol–water partition coefficient (Wildman–Crippen LogP) is 4.91. The van der Waals surface area contributed by atoms with Crippen LogP contribution in [0.2, 0.25) is 0 Å². The minimum atomic E-state index is -4.90. The molecule has 1 aliphatic carbocycles. The van der Waals surface area contributed by atoms with Crippen LogP contribution < -0.4 is 10.1 Å². The maximum absolute atomic E-state index is 14.3. The maximum Gasteiger partial charge on any atom is 0.435 e. The molecule has 1 saturated carbocycles. The van der Waals surface area contributed by atoms with Crippen LogP contribution in [0.3, 0.4) is 0 Å². The number of aryl methyl sites for hydroxylation is 1. The summed E-state index contributed by atoms with van der Waals surface area (Å²) in [4.78, 5) is 17.2. The second-order valence-corrected chi connectivity index (χ2v) is 10.5. The highest BCUT2D eigenvalue weighted by Gasteiger charge is 2.46. The first kappa shape index (κ1) is 25.5. The van der Waals surface area contributed by atoms with Gasteiger partial charge in [0.1, 0.15) is 5.56 Å². The van der Waals surface area contributed by atoms with Crippen molar-refractivity contribution in [3.8, 4) is 11.6 Å². The van der Waals surface area contributed by atoms with Gasteiger partial charge in [-0.05, 0) is 62.6 Å². The standard InChI is InChI=1S/C23H20F4N4O4S/c1-12-18(20(32)29-14-5-4-6-15(11-14)36(3,33)34)21(31-30-19(12)23(25,26)27)35-16-7-8-17(28-13(16)2)22(24)9-10-22/h4-8,11H,9-10H2,1-3H3,(H,29,32). The minimum absolute atomic E-state index is 0.0264. The van der Waals surface area contributed by atoms with Crippen molar-refractivity contribution in [2.45, 2.75) is 43.4 Å². The second kappa shape index (κ2) is 8.80. The van der Waals surface area contributed by atoms with E-state index in [1.54, 1.807) is 0 Å². The average Bonchev–Trinajstić information content (AvgIpc) is 3.52. The summed E-state index contributed by atoms with van der Waals surface area (Å²) in [6.45, 7) is 2.56. The van der Waals surface area contributed by atoms with Crippen LogP contribution in [0.25, 0.3) is 0 Å². The third kappa shape index (κ3) is 5.15. The summed E-state index contributed by atoms with van der Waals surface area (Å²) in [6, 6.07) is 8.01. The van der Waals surface area contributed by atoms with Gasteiger partial charge in [0.05, 0.1) is 16.3 Å². The molecule has 1 fully saturated rings. The molecule has 2 aromatic heterocycles. The quantitative estimate of drug-likeness (QED) is 0.456. The summed E-state index contributed by atoms with van der Waals surface area (Å²) in [5.74, 6) is -1.52. The number of ether oxygens (including phenoxy) is 1. The number of anilines is 1. The molecule has 13 heteroatoms. The molecule has 0 radical (unpaired) electrons. The summed E-state index contributed by atoms with van der Waals surface area (Å²) in [5.41, 5.74) is -3.52. The van der Waals surface area contributed by atoms with Gasteiger partial charge in [-0.1, -0.05) is 6.07 Å². The van der Waals surface area contributed by atoms with E-state index >= 15 is 0 Å². The predicted molar refractivity (Wildman–Crippen MR) is 120 cm³/mol. The topological polar surface area (TPSA) is 111 Å². The molecule has 190 valence electrons. The van der Waals surface area contributed by atoms with Crippen LogP contribution in [0.1, 0.15) is 45.8 Å². The Morgan fingerprint density at radius 1 is 1.11 bits per heavy atom. The summed E-state index contributed by atoms with van der Waals surface area (Å²) in [6.07, 6.45) is -3.25. The maximum atomic E-state index is 14.3. The molecule has 8 nitrogen and oxygen atoms in total. The lowest BCUT2D eigenvalue weighted by Gasteiger charge is -2.17. The van der Waals surface area contributed by atoms with Gasteiger partial charge in [0.2, 0.25) is 0 Å². The Kier molecular flexibility index (Phi) is 6.23. The van der Waals surface area contributed by atoms with E-state index in [9.17, 15) is 30.8 Å². The van der Waals surface area contributed by atoms with Crippen molar-refractivity contribution >= 4 is 21.4 Å². The van der Waals surface area contributed by atoms with Crippen LogP contribution >= 0.6 is 0 Å². The number of sulfone groups is 1. The SMILES string of the molecule is Cc1nc(C2(F)CC2)ccc1Oc1nnc(C(F)(F)F)c(C)c1C(=O)Nc1cccc(S(C)(=O)=O)c1. The van der Waals surface area contributed by atoms with Crippen LogP contribution in [0, 0.1) is 13.8 Å². The smallest absolute Gasteiger partial charge is 0.435 e. The van der Waals surface area contributed by atoms with Crippen LogP contribution in [0.5, 0.6) is 11.6 Å². The number of pyridine rings is 1. The molecule has 1 aromatic carbocycles. The Labute approximate surface area is 203 Å². The molecular formula is C23H20F4N4O4S. The number of aromatic nitrogens is 3. The second-order valence-electron chi connectivity index (χ2n) is 8.45. The number of hydrogen-bond donors (Lipinski definition) is 1. The lowest BCUT2D eigenvalue weighted by Crippen LogP contribution is -2.21. The monoisotopic (exact) mass is 524 g/mol. The molecule has 3 aromatic rings. The number of nitrogens with one attached hydrogen (secondary N) is 1. The van der Waals surface area contributed by atoms with E-state index in [1.807, 2.05) is 0 Å². The summed E-state index contributed by atoms with van der Waals surface area (Å²) >= 11 is 0. The zero-order valence-corrected chi connectivity index (χ0v) is 20.1. The largest absolute Gasteiger partial charge is 0.435 e. The molecule has 36 heavy (non-hydrogen) atoms. The molecule has 0 aliphatic heterocycles. The lowest BCUT2D eigenvalue weighted by molar-refractivity contribution is -0.142. The number of nitrogens with zero attached hydrogens (tertiary/aromatic N) is 3. The van der Waals surface area contributed by atoms with E-state index in [-0.39, 0.29) is 27.7 Å². The van der Waals surface area contributed by atoms with Crippen molar-refractivity contribution in [2.24, 2.45) is 0 Å². The Balaban J connectivity index is 1.73. The number of amides is 1. The van der Waals surface area contributed by atoms with Crippen LogP contribution in [-0.4, -0.2) is 35.8 Å². The fourth-order valence-electron chi connectivity index (χ4n) is 3.48. The third-order valence-electron chi connectivity index (χ3n) is 5.59. The summed E-state index contributed by atoms with van der Waals surface area (Å²) < 4.78 is 84.1. The van der Waals surface area contributed by atoms with Crippen molar-refractivity contribution in [1.82, 2.24) is 15.2 Å². The zero-order valence-electron chi connectivity index (χ0n) is 19.3. The summed E-state index contributed by atoms with van der Waals surface area (Å²) in [7, 11) is -3.60. The minimum Gasteiger partial charge on any atom is -0.435 e. The molecule has 1 aliphatic rings. The van der Waals surface area contributed by atoms with Gasteiger partial charge < -0.3 is 10.1 Å². The van der Waals surface area contributed by atoms with Crippen LogP contribution in [0.15, 0.2) is 41.3 Å². The molecule has 4 rings (SSSR count). The van der Waals surface area contributed by atoms with E-state index in [2.05, 4.69) is 20.5 Å². The molecule has 0 saturated heterocycles. The van der Waals surface area contributed by atoms with Gasteiger partial charge in [-0.2, -0.15) is 13.2 Å².